The van der Waals surface area contributed by atoms with Crippen LogP contribution in [0.3, 0.4) is 0 Å². The lowest BCUT2D eigenvalue weighted by atomic mass is 10.0. The van der Waals surface area contributed by atoms with Gasteiger partial charge < -0.3 is 15.5 Å². The number of aryl methyl sites for hydroxylation is 1. The quantitative estimate of drug-likeness (QED) is 0.316. The first-order valence-electron chi connectivity index (χ1n) is 11.1. The molecule has 0 unspecified atom stereocenters. The lowest BCUT2D eigenvalue weighted by Crippen LogP contribution is -2.19. The van der Waals surface area contributed by atoms with E-state index in [9.17, 15) is 9.59 Å². The number of nitrogens with zero attached hydrogens (tertiary/aromatic N) is 1. The SMILES string of the molecule is CCCCc1ccc(NC(=O)/C=N/OCC(=O)Nc2ccccc2Cc2ccccc2)cc1. The zero-order valence-electron chi connectivity index (χ0n) is 18.8. The first kappa shape index (κ1) is 23.7. The molecule has 33 heavy (non-hydrogen) atoms. The van der Waals surface area contributed by atoms with Crippen LogP contribution in [0.2, 0.25) is 0 Å². The average molecular weight is 444 g/mol. The monoisotopic (exact) mass is 443 g/mol. The number of para-hydroxylation sites is 1. The minimum atomic E-state index is -0.426. The van der Waals surface area contributed by atoms with E-state index in [4.69, 9.17) is 4.84 Å². The number of carbonyl (C=O) groups excluding carboxylic acids is 2. The molecule has 2 N–H and O–H groups in total. The zero-order chi connectivity index (χ0) is 23.3. The summed E-state index contributed by atoms with van der Waals surface area (Å²) in [5, 5.41) is 9.15. The third kappa shape index (κ3) is 8.26. The van der Waals surface area contributed by atoms with Gasteiger partial charge in [-0.3, -0.25) is 9.59 Å². The zero-order valence-corrected chi connectivity index (χ0v) is 18.8. The largest absolute Gasteiger partial charge is 0.385 e. The van der Waals surface area contributed by atoms with Crippen molar-refractivity contribution in [3.63, 3.8) is 0 Å². The van der Waals surface area contributed by atoms with Crippen LogP contribution in [0.5, 0.6) is 0 Å². The number of nitrogens with one attached hydrogen (secondary N) is 2. The lowest BCUT2D eigenvalue weighted by molar-refractivity contribution is -0.120. The molecule has 0 aromatic heterocycles. The molecule has 0 aliphatic rings. The standard InChI is InChI=1S/C27H29N3O3/c1-2-3-9-21-14-16-24(17-15-21)29-26(31)19-28-33-20-27(32)30-25-13-8-7-12-23(25)18-22-10-5-4-6-11-22/h4-8,10-17,19H,2-3,9,18,20H2,1H3,(H,29,31)(H,30,32)/b28-19+. The van der Waals surface area contributed by atoms with Crippen molar-refractivity contribution in [1.82, 2.24) is 0 Å². The highest BCUT2D eigenvalue weighted by Crippen LogP contribution is 2.19. The van der Waals surface area contributed by atoms with Gasteiger partial charge in [0.15, 0.2) is 6.61 Å². The summed E-state index contributed by atoms with van der Waals surface area (Å²) in [6.45, 7) is 1.86. The maximum atomic E-state index is 12.2. The van der Waals surface area contributed by atoms with E-state index in [1.165, 1.54) is 5.56 Å². The topological polar surface area (TPSA) is 79.8 Å². The van der Waals surface area contributed by atoms with Crippen molar-refractivity contribution in [2.45, 2.75) is 32.6 Å². The number of anilines is 2. The number of hydrogen-bond acceptors (Lipinski definition) is 4. The Morgan fingerprint density at radius 3 is 2.36 bits per heavy atom. The molecule has 0 atom stereocenters. The fourth-order valence-electron chi connectivity index (χ4n) is 3.29. The number of unbranched alkanes of at least 4 members (excludes halogenated alkanes) is 1. The Labute approximate surface area is 194 Å². The molecule has 0 fully saturated rings. The summed E-state index contributed by atoms with van der Waals surface area (Å²) in [7, 11) is 0. The summed E-state index contributed by atoms with van der Waals surface area (Å²) in [6, 6.07) is 25.4. The molecule has 0 radical (unpaired) electrons. The molecule has 3 aromatic carbocycles. The molecule has 0 aliphatic carbocycles. The Morgan fingerprint density at radius 2 is 1.61 bits per heavy atom. The maximum absolute atomic E-state index is 12.2. The summed E-state index contributed by atoms with van der Waals surface area (Å²) in [4.78, 5) is 29.2. The molecule has 0 bridgehead atoms. The third-order valence-corrected chi connectivity index (χ3v) is 5.01. The van der Waals surface area contributed by atoms with Crippen molar-refractivity contribution in [3.8, 4) is 0 Å². The van der Waals surface area contributed by atoms with Crippen molar-refractivity contribution in [1.29, 1.82) is 0 Å². The van der Waals surface area contributed by atoms with E-state index >= 15 is 0 Å². The van der Waals surface area contributed by atoms with E-state index in [0.717, 1.165) is 42.3 Å². The molecule has 6 nitrogen and oxygen atoms in total. The van der Waals surface area contributed by atoms with E-state index in [0.29, 0.717) is 12.1 Å². The fraction of sp³-hybridized carbons (Fsp3) is 0.222. The van der Waals surface area contributed by atoms with Gasteiger partial charge in [0, 0.05) is 11.4 Å². The molecule has 0 saturated heterocycles. The van der Waals surface area contributed by atoms with E-state index in [2.05, 4.69) is 22.7 Å². The average Bonchev–Trinajstić information content (AvgIpc) is 2.83. The highest BCUT2D eigenvalue weighted by molar-refractivity contribution is 6.31. The second-order valence-electron chi connectivity index (χ2n) is 7.67. The summed E-state index contributed by atoms with van der Waals surface area (Å²) >= 11 is 0. The van der Waals surface area contributed by atoms with Crippen LogP contribution in [-0.2, 0) is 27.3 Å². The minimum Gasteiger partial charge on any atom is -0.385 e. The second-order valence-corrected chi connectivity index (χ2v) is 7.67. The molecular weight excluding hydrogens is 414 g/mol. The number of rotatable bonds is 11. The Morgan fingerprint density at radius 1 is 0.879 bits per heavy atom. The molecule has 0 heterocycles. The first-order chi connectivity index (χ1) is 16.1. The highest BCUT2D eigenvalue weighted by atomic mass is 16.6. The Kier molecular flexibility index (Phi) is 9.21. The molecule has 6 heteroatoms. The Hall–Kier alpha value is -3.93. The number of benzene rings is 3. The number of amides is 2. The van der Waals surface area contributed by atoms with Crippen LogP contribution in [-0.4, -0.2) is 24.6 Å². The lowest BCUT2D eigenvalue weighted by Gasteiger charge is -2.11. The van der Waals surface area contributed by atoms with Crippen LogP contribution in [0.1, 0.15) is 36.5 Å². The predicted molar refractivity (Wildman–Crippen MR) is 132 cm³/mol. The molecule has 3 rings (SSSR count). The number of hydrogen-bond donors (Lipinski definition) is 2. The van der Waals surface area contributed by atoms with E-state index in [-0.39, 0.29) is 12.5 Å². The van der Waals surface area contributed by atoms with E-state index in [1.54, 1.807) is 0 Å². The van der Waals surface area contributed by atoms with Crippen molar-refractivity contribution in [2.24, 2.45) is 5.16 Å². The summed E-state index contributed by atoms with van der Waals surface area (Å²) in [5.74, 6) is -0.777. The van der Waals surface area contributed by atoms with Gasteiger partial charge in [0.2, 0.25) is 0 Å². The van der Waals surface area contributed by atoms with E-state index < -0.39 is 5.91 Å². The first-order valence-corrected chi connectivity index (χ1v) is 11.1. The van der Waals surface area contributed by atoms with Crippen LogP contribution >= 0.6 is 0 Å². The van der Waals surface area contributed by atoms with Gasteiger partial charge >= 0.3 is 0 Å². The fourth-order valence-corrected chi connectivity index (χ4v) is 3.29. The third-order valence-electron chi connectivity index (χ3n) is 5.01. The summed E-state index contributed by atoms with van der Waals surface area (Å²) in [5.41, 5.74) is 4.80. The smallest absolute Gasteiger partial charge is 0.270 e. The van der Waals surface area contributed by atoms with Gasteiger partial charge in [-0.1, -0.05) is 79.2 Å². The number of carbonyl (C=O) groups is 2. The van der Waals surface area contributed by atoms with Crippen LogP contribution in [0, 0.1) is 0 Å². The highest BCUT2D eigenvalue weighted by Gasteiger charge is 2.08. The Balaban J connectivity index is 1.43. The van der Waals surface area contributed by atoms with Crippen molar-refractivity contribution in [3.05, 3.63) is 95.6 Å². The predicted octanol–water partition coefficient (Wildman–Crippen LogP) is 5.20. The molecule has 0 spiro atoms. The van der Waals surface area contributed by atoms with Crippen LogP contribution in [0.4, 0.5) is 11.4 Å². The summed E-state index contributed by atoms with van der Waals surface area (Å²) in [6.07, 6.45) is 5.03. The van der Waals surface area contributed by atoms with Gasteiger partial charge in [-0.15, -0.1) is 0 Å². The number of oxime groups is 1. The maximum Gasteiger partial charge on any atom is 0.270 e. The van der Waals surface area contributed by atoms with Gasteiger partial charge in [0.1, 0.15) is 6.21 Å². The van der Waals surface area contributed by atoms with Gasteiger partial charge in [-0.25, -0.2) is 0 Å². The van der Waals surface area contributed by atoms with Gasteiger partial charge in [-0.2, -0.15) is 0 Å². The molecule has 2 amide bonds. The van der Waals surface area contributed by atoms with Gasteiger partial charge in [0.05, 0.1) is 0 Å². The molecule has 3 aromatic rings. The molecule has 0 aliphatic heterocycles. The summed E-state index contributed by atoms with van der Waals surface area (Å²) < 4.78 is 0. The van der Waals surface area contributed by atoms with Crippen LogP contribution < -0.4 is 10.6 Å². The van der Waals surface area contributed by atoms with Crippen molar-refractivity contribution >= 4 is 29.4 Å². The molecule has 0 saturated carbocycles. The van der Waals surface area contributed by atoms with E-state index in [1.807, 2.05) is 78.9 Å². The van der Waals surface area contributed by atoms with Crippen LogP contribution in [0.15, 0.2) is 84.0 Å². The normalized spacial score (nSPS) is 10.7. The Bertz CT molecular complexity index is 1060. The van der Waals surface area contributed by atoms with Crippen molar-refractivity contribution in [2.75, 3.05) is 17.2 Å². The van der Waals surface area contributed by atoms with Crippen molar-refractivity contribution < 1.29 is 14.4 Å². The van der Waals surface area contributed by atoms with Gasteiger partial charge in [0.25, 0.3) is 11.8 Å². The van der Waals surface area contributed by atoms with Crippen LogP contribution in [0.25, 0.3) is 0 Å². The molecule has 170 valence electrons. The van der Waals surface area contributed by atoms with Gasteiger partial charge in [-0.05, 0) is 54.2 Å². The molecular formula is C27H29N3O3. The second kappa shape index (κ2) is 12.8. The minimum absolute atomic E-state index is 0.296.